The number of aryl methyl sites for hydroxylation is 1. The number of furan rings is 1. The van der Waals surface area contributed by atoms with E-state index >= 15 is 0 Å². The number of para-hydroxylation sites is 1. The van der Waals surface area contributed by atoms with Gasteiger partial charge in [-0.2, -0.15) is 13.2 Å². The van der Waals surface area contributed by atoms with Gasteiger partial charge in [0.25, 0.3) is 0 Å². The maximum absolute atomic E-state index is 13.0. The van der Waals surface area contributed by atoms with Crippen molar-refractivity contribution < 1.29 is 22.4 Å². The Labute approximate surface area is 157 Å². The monoisotopic (exact) mass is 395 g/mol. The number of alkyl halides is 3. The molecule has 0 bridgehead atoms. The minimum Gasteiger partial charge on any atom is -0.464 e. The maximum atomic E-state index is 13.0. The zero-order valence-corrected chi connectivity index (χ0v) is 15.4. The predicted molar refractivity (Wildman–Crippen MR) is 95.2 cm³/mol. The van der Waals surface area contributed by atoms with Gasteiger partial charge in [0, 0.05) is 12.4 Å². The lowest BCUT2D eigenvalue weighted by Crippen LogP contribution is -2.27. The Morgan fingerprint density at radius 1 is 1.19 bits per heavy atom. The van der Waals surface area contributed by atoms with Crippen LogP contribution in [-0.2, 0) is 17.5 Å². The van der Waals surface area contributed by atoms with Crippen LogP contribution in [-0.4, -0.2) is 33.6 Å². The zero-order chi connectivity index (χ0) is 19.6. The number of hydrogen-bond acceptors (Lipinski definition) is 5. The van der Waals surface area contributed by atoms with E-state index in [2.05, 4.69) is 9.97 Å². The Morgan fingerprint density at radius 2 is 1.93 bits per heavy atom. The summed E-state index contributed by atoms with van der Waals surface area (Å²) in [4.78, 5) is 21.0. The molecular weight excluding hydrogens is 379 g/mol. The Bertz CT molecular complexity index is 972. The standard InChI is InChI=1S/C18H16F3N3O2S/c1-11-7-8-12(26-11)9-24(2)15(25)10-27-16-13-5-3-4-6-14(13)22-17(23-16)18(19,20)21/h3-8H,9-10H2,1-2H3. The highest BCUT2D eigenvalue weighted by Crippen LogP contribution is 2.32. The average molecular weight is 395 g/mol. The first-order valence-electron chi connectivity index (χ1n) is 8.00. The number of thioether (sulfide) groups is 1. The molecule has 2 heterocycles. The van der Waals surface area contributed by atoms with Gasteiger partial charge >= 0.3 is 6.18 Å². The second-order valence-electron chi connectivity index (χ2n) is 5.92. The number of aromatic nitrogens is 2. The first kappa shape index (κ1) is 19.2. The number of rotatable bonds is 5. The summed E-state index contributed by atoms with van der Waals surface area (Å²) in [6, 6.07) is 10.00. The SMILES string of the molecule is Cc1ccc(CN(C)C(=O)CSc2nc(C(F)(F)F)nc3ccccc23)o1. The third-order valence-corrected chi connectivity index (χ3v) is 4.74. The number of carbonyl (C=O) groups excluding carboxylic acids is 1. The smallest absolute Gasteiger partial charge is 0.451 e. The number of nitrogens with zero attached hydrogens (tertiary/aromatic N) is 3. The largest absolute Gasteiger partial charge is 0.464 e. The molecule has 0 N–H and O–H groups in total. The van der Waals surface area contributed by atoms with E-state index in [4.69, 9.17) is 4.42 Å². The van der Waals surface area contributed by atoms with Crippen LogP contribution in [0.1, 0.15) is 17.3 Å². The van der Waals surface area contributed by atoms with Crippen LogP contribution in [0.25, 0.3) is 10.9 Å². The van der Waals surface area contributed by atoms with E-state index in [-0.39, 0.29) is 28.7 Å². The molecule has 9 heteroatoms. The van der Waals surface area contributed by atoms with Crippen molar-refractivity contribution in [2.45, 2.75) is 24.7 Å². The molecule has 0 radical (unpaired) electrons. The molecule has 2 aromatic heterocycles. The van der Waals surface area contributed by atoms with Crippen molar-refractivity contribution in [1.29, 1.82) is 0 Å². The summed E-state index contributed by atoms with van der Waals surface area (Å²) in [5.41, 5.74) is 0.189. The normalized spacial score (nSPS) is 11.7. The van der Waals surface area contributed by atoms with Gasteiger partial charge in [0.1, 0.15) is 16.5 Å². The van der Waals surface area contributed by atoms with Crippen molar-refractivity contribution in [3.8, 4) is 0 Å². The predicted octanol–water partition coefficient (Wildman–Crippen LogP) is 4.30. The molecule has 0 spiro atoms. The van der Waals surface area contributed by atoms with E-state index in [1.54, 1.807) is 44.3 Å². The minimum absolute atomic E-state index is 0.0471. The Kier molecular flexibility index (Phi) is 5.41. The molecular formula is C18H16F3N3O2S. The fourth-order valence-electron chi connectivity index (χ4n) is 2.42. The second-order valence-corrected chi connectivity index (χ2v) is 6.88. The molecule has 1 amide bonds. The van der Waals surface area contributed by atoms with Crippen LogP contribution in [0.15, 0.2) is 45.8 Å². The molecule has 0 aliphatic rings. The summed E-state index contributed by atoms with van der Waals surface area (Å²) in [6.45, 7) is 2.09. The van der Waals surface area contributed by atoms with E-state index < -0.39 is 12.0 Å². The zero-order valence-electron chi connectivity index (χ0n) is 14.6. The average Bonchev–Trinajstić information content (AvgIpc) is 3.03. The topological polar surface area (TPSA) is 59.2 Å². The number of hydrogen-bond donors (Lipinski definition) is 0. The van der Waals surface area contributed by atoms with Gasteiger partial charge in [-0.15, -0.1) is 0 Å². The fraction of sp³-hybridized carbons (Fsp3) is 0.278. The Morgan fingerprint density at radius 3 is 2.59 bits per heavy atom. The van der Waals surface area contributed by atoms with E-state index in [9.17, 15) is 18.0 Å². The fourth-order valence-corrected chi connectivity index (χ4v) is 3.38. The van der Waals surface area contributed by atoms with Crippen LogP contribution in [0.2, 0.25) is 0 Å². The van der Waals surface area contributed by atoms with Crippen LogP contribution in [0.3, 0.4) is 0 Å². The van der Waals surface area contributed by atoms with Crippen LogP contribution < -0.4 is 0 Å². The molecule has 0 saturated heterocycles. The highest BCUT2D eigenvalue weighted by atomic mass is 32.2. The number of fused-ring (bicyclic) bond motifs is 1. The van der Waals surface area contributed by atoms with Crippen molar-refractivity contribution in [3.05, 3.63) is 53.7 Å². The van der Waals surface area contributed by atoms with Crippen molar-refractivity contribution in [1.82, 2.24) is 14.9 Å². The molecule has 3 rings (SSSR count). The number of amides is 1. The maximum Gasteiger partial charge on any atom is 0.451 e. The minimum atomic E-state index is -4.66. The number of benzene rings is 1. The van der Waals surface area contributed by atoms with Crippen molar-refractivity contribution >= 4 is 28.6 Å². The van der Waals surface area contributed by atoms with Crippen LogP contribution in [0, 0.1) is 6.92 Å². The van der Waals surface area contributed by atoms with Gasteiger partial charge in [0.2, 0.25) is 11.7 Å². The summed E-state index contributed by atoms with van der Waals surface area (Å²) in [5.74, 6) is -0.123. The molecule has 27 heavy (non-hydrogen) atoms. The van der Waals surface area contributed by atoms with Crippen molar-refractivity contribution in [2.24, 2.45) is 0 Å². The quantitative estimate of drug-likeness (QED) is 0.476. The van der Waals surface area contributed by atoms with Gasteiger partial charge in [0.15, 0.2) is 0 Å². The molecule has 142 valence electrons. The van der Waals surface area contributed by atoms with Gasteiger partial charge in [-0.1, -0.05) is 30.0 Å². The first-order valence-corrected chi connectivity index (χ1v) is 8.98. The number of carbonyl (C=O) groups is 1. The molecule has 0 fully saturated rings. The van der Waals surface area contributed by atoms with E-state index in [1.807, 2.05) is 0 Å². The molecule has 0 atom stereocenters. The summed E-state index contributed by atoms with van der Waals surface area (Å²) in [6.07, 6.45) is -4.66. The molecule has 0 saturated carbocycles. The third-order valence-electron chi connectivity index (χ3n) is 3.77. The van der Waals surface area contributed by atoms with E-state index in [1.165, 1.54) is 11.0 Å². The molecule has 0 unspecified atom stereocenters. The van der Waals surface area contributed by atoms with Gasteiger partial charge in [-0.25, -0.2) is 9.97 Å². The van der Waals surface area contributed by atoms with Gasteiger partial charge in [0.05, 0.1) is 17.8 Å². The molecule has 1 aromatic carbocycles. The van der Waals surface area contributed by atoms with Crippen LogP contribution >= 0.6 is 11.8 Å². The summed E-state index contributed by atoms with van der Waals surface area (Å²) in [5, 5.41) is 0.608. The van der Waals surface area contributed by atoms with Gasteiger partial charge < -0.3 is 9.32 Å². The van der Waals surface area contributed by atoms with Gasteiger partial charge in [-0.05, 0) is 25.1 Å². The Balaban J connectivity index is 1.76. The molecule has 3 aromatic rings. The molecule has 0 aliphatic heterocycles. The third kappa shape index (κ3) is 4.60. The van der Waals surface area contributed by atoms with Crippen molar-refractivity contribution in [2.75, 3.05) is 12.8 Å². The van der Waals surface area contributed by atoms with E-state index in [0.717, 1.165) is 17.5 Å². The van der Waals surface area contributed by atoms with Crippen LogP contribution in [0.5, 0.6) is 0 Å². The Hall–Kier alpha value is -2.55. The first-order chi connectivity index (χ1) is 12.7. The van der Waals surface area contributed by atoms with Gasteiger partial charge in [-0.3, -0.25) is 4.79 Å². The summed E-state index contributed by atoms with van der Waals surface area (Å²) >= 11 is 0.959. The highest BCUT2D eigenvalue weighted by Gasteiger charge is 2.35. The lowest BCUT2D eigenvalue weighted by Gasteiger charge is -2.16. The molecule has 0 aliphatic carbocycles. The lowest BCUT2D eigenvalue weighted by molar-refractivity contribution is -0.145. The van der Waals surface area contributed by atoms with Crippen LogP contribution in [0.4, 0.5) is 13.2 Å². The highest BCUT2D eigenvalue weighted by molar-refractivity contribution is 8.00. The summed E-state index contributed by atoms with van der Waals surface area (Å²) in [7, 11) is 1.61. The van der Waals surface area contributed by atoms with E-state index in [0.29, 0.717) is 11.1 Å². The summed E-state index contributed by atoms with van der Waals surface area (Å²) < 4.78 is 44.6. The number of halogens is 3. The van der Waals surface area contributed by atoms with Crippen molar-refractivity contribution in [3.63, 3.8) is 0 Å². The second kappa shape index (κ2) is 7.59. The lowest BCUT2D eigenvalue weighted by atomic mass is 10.2. The molecule has 5 nitrogen and oxygen atoms in total.